The second-order valence-electron chi connectivity index (χ2n) is 4.41. The van der Waals surface area contributed by atoms with Crippen LogP contribution in [-0.4, -0.2) is 0 Å². The summed E-state index contributed by atoms with van der Waals surface area (Å²) in [7, 11) is 0. The summed E-state index contributed by atoms with van der Waals surface area (Å²) in [4.78, 5) is 0. The van der Waals surface area contributed by atoms with Gasteiger partial charge in [-0.15, -0.1) is 0 Å². The number of benzene rings is 2. The SMILES string of the molecule is Clc1cccc(-c2ccc(C3CC3)cc2)c1. The molecule has 16 heavy (non-hydrogen) atoms. The fourth-order valence-electron chi connectivity index (χ4n) is 2.03. The molecule has 0 unspecified atom stereocenters. The Morgan fingerprint density at radius 2 is 1.62 bits per heavy atom. The van der Waals surface area contributed by atoms with Crippen LogP contribution in [0, 0.1) is 0 Å². The van der Waals surface area contributed by atoms with Crippen LogP contribution in [0.4, 0.5) is 0 Å². The number of hydrogen-bond acceptors (Lipinski definition) is 0. The van der Waals surface area contributed by atoms with Crippen molar-refractivity contribution in [1.29, 1.82) is 0 Å². The lowest BCUT2D eigenvalue weighted by Crippen LogP contribution is -1.81. The summed E-state index contributed by atoms with van der Waals surface area (Å²) >= 11 is 5.99. The Labute approximate surface area is 101 Å². The van der Waals surface area contributed by atoms with Crippen molar-refractivity contribution in [3.8, 4) is 11.1 Å². The smallest absolute Gasteiger partial charge is 0.0412 e. The molecule has 0 heterocycles. The molecule has 0 aliphatic heterocycles. The lowest BCUT2D eigenvalue weighted by Gasteiger charge is -2.04. The Morgan fingerprint density at radius 3 is 2.25 bits per heavy atom. The van der Waals surface area contributed by atoms with Crippen molar-refractivity contribution in [2.24, 2.45) is 0 Å². The van der Waals surface area contributed by atoms with E-state index in [1.807, 2.05) is 18.2 Å². The van der Waals surface area contributed by atoms with Gasteiger partial charge in [-0.05, 0) is 47.6 Å². The largest absolute Gasteiger partial charge is 0.0843 e. The zero-order valence-electron chi connectivity index (χ0n) is 8.99. The molecule has 0 saturated heterocycles. The van der Waals surface area contributed by atoms with Crippen LogP contribution in [0.25, 0.3) is 11.1 Å². The Kier molecular flexibility index (Phi) is 2.45. The number of rotatable bonds is 2. The normalized spacial score (nSPS) is 15.1. The monoisotopic (exact) mass is 228 g/mol. The van der Waals surface area contributed by atoms with E-state index in [9.17, 15) is 0 Å². The molecule has 0 spiro atoms. The summed E-state index contributed by atoms with van der Waals surface area (Å²) in [6.07, 6.45) is 2.72. The first-order valence-corrected chi connectivity index (χ1v) is 6.06. The standard InChI is InChI=1S/C15H13Cl/c16-15-3-1-2-14(10-15)13-8-6-12(7-9-13)11-4-5-11/h1-3,6-11H,4-5H2. The van der Waals surface area contributed by atoms with E-state index in [-0.39, 0.29) is 0 Å². The fraction of sp³-hybridized carbons (Fsp3) is 0.200. The third kappa shape index (κ3) is 1.98. The molecule has 80 valence electrons. The van der Waals surface area contributed by atoms with E-state index in [0.717, 1.165) is 10.9 Å². The molecule has 0 nitrogen and oxygen atoms in total. The summed E-state index contributed by atoms with van der Waals surface area (Å²) in [6.45, 7) is 0. The predicted octanol–water partition coefficient (Wildman–Crippen LogP) is 4.88. The second kappa shape index (κ2) is 3.95. The van der Waals surface area contributed by atoms with Crippen molar-refractivity contribution in [2.45, 2.75) is 18.8 Å². The third-order valence-electron chi connectivity index (χ3n) is 3.12. The average Bonchev–Trinajstić information content (AvgIpc) is 3.13. The summed E-state index contributed by atoms with van der Waals surface area (Å²) in [5, 5.41) is 0.795. The molecule has 1 aliphatic rings. The van der Waals surface area contributed by atoms with Crippen LogP contribution in [-0.2, 0) is 0 Å². The first-order chi connectivity index (χ1) is 7.83. The van der Waals surface area contributed by atoms with E-state index in [2.05, 4.69) is 30.3 Å². The zero-order chi connectivity index (χ0) is 11.0. The maximum Gasteiger partial charge on any atom is 0.0412 e. The first kappa shape index (κ1) is 9.92. The van der Waals surface area contributed by atoms with Crippen molar-refractivity contribution < 1.29 is 0 Å². The van der Waals surface area contributed by atoms with E-state index in [4.69, 9.17) is 11.6 Å². The molecule has 0 atom stereocenters. The Balaban J connectivity index is 1.94. The molecule has 0 radical (unpaired) electrons. The van der Waals surface area contributed by atoms with Gasteiger partial charge in [0.2, 0.25) is 0 Å². The van der Waals surface area contributed by atoms with Gasteiger partial charge in [0.1, 0.15) is 0 Å². The van der Waals surface area contributed by atoms with Crippen molar-refractivity contribution in [3.05, 3.63) is 59.1 Å². The molecule has 1 saturated carbocycles. The second-order valence-corrected chi connectivity index (χ2v) is 4.84. The van der Waals surface area contributed by atoms with Gasteiger partial charge in [0.15, 0.2) is 0 Å². The van der Waals surface area contributed by atoms with E-state index < -0.39 is 0 Å². The van der Waals surface area contributed by atoms with E-state index >= 15 is 0 Å². The maximum atomic E-state index is 5.99. The highest BCUT2D eigenvalue weighted by Crippen LogP contribution is 2.40. The van der Waals surface area contributed by atoms with Crippen LogP contribution in [0.15, 0.2) is 48.5 Å². The van der Waals surface area contributed by atoms with Gasteiger partial charge in [0, 0.05) is 5.02 Å². The fourth-order valence-corrected chi connectivity index (χ4v) is 2.22. The molecule has 0 N–H and O–H groups in total. The topological polar surface area (TPSA) is 0 Å². The van der Waals surface area contributed by atoms with Gasteiger partial charge in [-0.2, -0.15) is 0 Å². The first-order valence-electron chi connectivity index (χ1n) is 5.69. The van der Waals surface area contributed by atoms with Crippen molar-refractivity contribution in [3.63, 3.8) is 0 Å². The van der Waals surface area contributed by atoms with Gasteiger partial charge in [0.25, 0.3) is 0 Å². The molecular weight excluding hydrogens is 216 g/mol. The van der Waals surface area contributed by atoms with Gasteiger partial charge in [-0.1, -0.05) is 48.0 Å². The van der Waals surface area contributed by atoms with Crippen LogP contribution < -0.4 is 0 Å². The van der Waals surface area contributed by atoms with Gasteiger partial charge < -0.3 is 0 Å². The van der Waals surface area contributed by atoms with Gasteiger partial charge in [0.05, 0.1) is 0 Å². The van der Waals surface area contributed by atoms with E-state index in [1.165, 1.54) is 29.5 Å². The lowest BCUT2D eigenvalue weighted by molar-refractivity contribution is 1.13. The molecule has 3 rings (SSSR count). The Hall–Kier alpha value is -1.27. The minimum Gasteiger partial charge on any atom is -0.0843 e. The zero-order valence-corrected chi connectivity index (χ0v) is 9.74. The highest BCUT2D eigenvalue weighted by Gasteiger charge is 2.22. The minimum absolute atomic E-state index is 0.795. The lowest BCUT2D eigenvalue weighted by atomic mass is 10.0. The molecule has 1 heteroatoms. The molecule has 0 bridgehead atoms. The highest BCUT2D eigenvalue weighted by atomic mass is 35.5. The summed E-state index contributed by atoms with van der Waals surface area (Å²) in [6, 6.07) is 16.9. The molecule has 1 fully saturated rings. The summed E-state index contributed by atoms with van der Waals surface area (Å²) in [5.74, 6) is 0.827. The van der Waals surface area contributed by atoms with Crippen LogP contribution in [0.2, 0.25) is 5.02 Å². The Morgan fingerprint density at radius 1 is 0.875 bits per heavy atom. The highest BCUT2D eigenvalue weighted by molar-refractivity contribution is 6.30. The summed E-state index contributed by atoms with van der Waals surface area (Å²) < 4.78 is 0. The van der Waals surface area contributed by atoms with Crippen LogP contribution in [0.5, 0.6) is 0 Å². The predicted molar refractivity (Wildman–Crippen MR) is 68.9 cm³/mol. The molecule has 2 aromatic rings. The van der Waals surface area contributed by atoms with Gasteiger partial charge in [-0.3, -0.25) is 0 Å². The van der Waals surface area contributed by atoms with Crippen LogP contribution >= 0.6 is 11.6 Å². The third-order valence-corrected chi connectivity index (χ3v) is 3.35. The Bertz CT molecular complexity index is 495. The minimum atomic E-state index is 0.795. The van der Waals surface area contributed by atoms with Gasteiger partial charge >= 0.3 is 0 Å². The maximum absolute atomic E-state index is 5.99. The number of halogens is 1. The van der Waals surface area contributed by atoms with Crippen LogP contribution in [0.1, 0.15) is 24.3 Å². The van der Waals surface area contributed by atoms with E-state index in [0.29, 0.717) is 0 Å². The molecule has 1 aliphatic carbocycles. The number of hydrogen-bond donors (Lipinski definition) is 0. The molecular formula is C15H13Cl. The van der Waals surface area contributed by atoms with Crippen molar-refractivity contribution >= 4 is 11.6 Å². The summed E-state index contributed by atoms with van der Waals surface area (Å²) in [5.41, 5.74) is 3.91. The molecule has 2 aromatic carbocycles. The quantitative estimate of drug-likeness (QED) is 0.687. The van der Waals surface area contributed by atoms with Gasteiger partial charge in [-0.25, -0.2) is 0 Å². The average molecular weight is 229 g/mol. The van der Waals surface area contributed by atoms with Crippen LogP contribution in [0.3, 0.4) is 0 Å². The van der Waals surface area contributed by atoms with E-state index in [1.54, 1.807) is 0 Å². The molecule has 0 amide bonds. The molecule has 0 aromatic heterocycles. The van der Waals surface area contributed by atoms with Crippen molar-refractivity contribution in [1.82, 2.24) is 0 Å². The van der Waals surface area contributed by atoms with Crippen molar-refractivity contribution in [2.75, 3.05) is 0 Å².